The second-order valence-electron chi connectivity index (χ2n) is 5.51. The van der Waals surface area contributed by atoms with E-state index in [0.717, 1.165) is 0 Å². The lowest BCUT2D eigenvalue weighted by molar-refractivity contribution is 0.204. The minimum atomic E-state index is -0.557. The van der Waals surface area contributed by atoms with E-state index in [2.05, 4.69) is 10.6 Å². The zero-order valence-corrected chi connectivity index (χ0v) is 12.5. The van der Waals surface area contributed by atoms with Gasteiger partial charge in [0.05, 0.1) is 0 Å². The van der Waals surface area contributed by atoms with Crippen molar-refractivity contribution in [3.8, 4) is 5.75 Å². The molecule has 0 aliphatic rings. The van der Waals surface area contributed by atoms with Gasteiger partial charge in [0.15, 0.2) is 0 Å². The van der Waals surface area contributed by atoms with Crippen LogP contribution >= 0.6 is 0 Å². The lowest BCUT2D eigenvalue weighted by Crippen LogP contribution is -2.37. The molecule has 0 aliphatic heterocycles. The highest BCUT2D eigenvalue weighted by Gasteiger charge is 2.18. The summed E-state index contributed by atoms with van der Waals surface area (Å²) >= 11 is 0. The Hall–Kier alpha value is -1.82. The summed E-state index contributed by atoms with van der Waals surface area (Å²) in [4.78, 5) is 11.8. The maximum Gasteiger partial charge on any atom is 0.319 e. The second-order valence-corrected chi connectivity index (χ2v) is 5.51. The van der Waals surface area contributed by atoms with Crippen molar-refractivity contribution >= 4 is 11.7 Å². The van der Waals surface area contributed by atoms with Crippen LogP contribution in [-0.4, -0.2) is 37.6 Å². The number of urea groups is 1. The van der Waals surface area contributed by atoms with E-state index in [1.165, 1.54) is 0 Å². The largest absolute Gasteiger partial charge is 0.491 e. The van der Waals surface area contributed by atoms with E-state index < -0.39 is 6.67 Å². The van der Waals surface area contributed by atoms with Gasteiger partial charge in [-0.1, -0.05) is 19.9 Å². The van der Waals surface area contributed by atoms with Crippen LogP contribution in [0.4, 0.5) is 14.9 Å². The molecule has 6 heteroatoms. The van der Waals surface area contributed by atoms with Crippen LogP contribution in [0.2, 0.25) is 0 Å². The maximum absolute atomic E-state index is 12.0. The normalized spacial score (nSPS) is 11.0. The first-order valence-electron chi connectivity index (χ1n) is 6.91. The highest BCUT2D eigenvalue weighted by Crippen LogP contribution is 2.19. The molecule has 0 aliphatic carbocycles. The Bertz CT molecular complexity index is 452. The maximum atomic E-state index is 12.0. The van der Waals surface area contributed by atoms with E-state index in [-0.39, 0.29) is 24.7 Å². The Morgan fingerprint density at radius 3 is 2.86 bits per heavy atom. The summed E-state index contributed by atoms with van der Waals surface area (Å²) in [6.45, 7) is 3.91. The summed E-state index contributed by atoms with van der Waals surface area (Å²) in [6, 6.07) is 6.44. The van der Waals surface area contributed by atoms with Crippen molar-refractivity contribution in [1.29, 1.82) is 0 Å². The third-order valence-corrected chi connectivity index (χ3v) is 2.95. The van der Waals surface area contributed by atoms with E-state index >= 15 is 0 Å². The van der Waals surface area contributed by atoms with Gasteiger partial charge < -0.3 is 20.5 Å². The van der Waals surface area contributed by atoms with Crippen molar-refractivity contribution < 1.29 is 19.0 Å². The summed E-state index contributed by atoms with van der Waals surface area (Å²) in [6.07, 6.45) is 0.611. The van der Waals surface area contributed by atoms with Crippen molar-refractivity contribution in [2.45, 2.75) is 20.3 Å². The van der Waals surface area contributed by atoms with Gasteiger partial charge in [0.1, 0.15) is 19.0 Å². The number of alkyl halides is 1. The number of amides is 2. The highest BCUT2D eigenvalue weighted by molar-refractivity contribution is 5.89. The summed E-state index contributed by atoms with van der Waals surface area (Å²) in [5.74, 6) is 0.506. The molecule has 3 N–H and O–H groups in total. The number of benzene rings is 1. The topological polar surface area (TPSA) is 70.6 Å². The smallest absolute Gasteiger partial charge is 0.319 e. The number of aliphatic hydroxyl groups excluding tert-OH is 1. The number of ether oxygens (including phenoxy) is 1. The highest BCUT2D eigenvalue weighted by atomic mass is 19.1. The van der Waals surface area contributed by atoms with E-state index in [0.29, 0.717) is 24.4 Å². The molecule has 21 heavy (non-hydrogen) atoms. The molecule has 0 saturated heterocycles. The van der Waals surface area contributed by atoms with Crippen molar-refractivity contribution in [2.24, 2.45) is 5.41 Å². The number of hydrogen-bond donors (Lipinski definition) is 3. The van der Waals surface area contributed by atoms with Gasteiger partial charge in [-0.05, 0) is 24.0 Å². The third kappa shape index (κ3) is 6.94. The zero-order chi connectivity index (χ0) is 15.7. The van der Waals surface area contributed by atoms with Crippen LogP contribution in [0.3, 0.4) is 0 Å². The molecule has 1 aromatic carbocycles. The monoisotopic (exact) mass is 298 g/mol. The first-order chi connectivity index (χ1) is 9.96. The molecule has 0 heterocycles. The molecule has 0 bridgehead atoms. The fourth-order valence-corrected chi connectivity index (χ4v) is 1.71. The molecular formula is C15H23FN2O3. The second kappa shape index (κ2) is 8.46. The summed E-state index contributed by atoms with van der Waals surface area (Å²) in [5.41, 5.74) is 0.405. The predicted octanol–water partition coefficient (Wildman–Crippen LogP) is 2.57. The molecule has 2 amide bonds. The SMILES string of the molecule is CC(C)(CCO)CNC(=O)Nc1cccc(OCCF)c1. The van der Waals surface area contributed by atoms with Gasteiger partial charge in [-0.25, -0.2) is 9.18 Å². The first-order valence-corrected chi connectivity index (χ1v) is 6.91. The number of carbonyl (C=O) groups is 1. The van der Waals surface area contributed by atoms with Gasteiger partial charge in [0.2, 0.25) is 0 Å². The van der Waals surface area contributed by atoms with Gasteiger partial charge in [-0.2, -0.15) is 0 Å². The lowest BCUT2D eigenvalue weighted by atomic mass is 9.90. The van der Waals surface area contributed by atoms with E-state index in [1.54, 1.807) is 24.3 Å². The summed E-state index contributed by atoms with van der Waals surface area (Å²) in [5, 5.41) is 14.4. The van der Waals surface area contributed by atoms with Gasteiger partial charge in [-0.3, -0.25) is 0 Å². The van der Waals surface area contributed by atoms with Crippen LogP contribution in [-0.2, 0) is 0 Å². The fraction of sp³-hybridized carbons (Fsp3) is 0.533. The predicted molar refractivity (Wildman–Crippen MR) is 80.4 cm³/mol. The minimum Gasteiger partial charge on any atom is -0.491 e. The molecule has 5 nitrogen and oxygen atoms in total. The average Bonchev–Trinajstić information content (AvgIpc) is 2.43. The van der Waals surface area contributed by atoms with Crippen molar-refractivity contribution in [3.05, 3.63) is 24.3 Å². The molecule has 0 unspecified atom stereocenters. The van der Waals surface area contributed by atoms with Crippen LogP contribution < -0.4 is 15.4 Å². The molecule has 0 aromatic heterocycles. The molecule has 1 rings (SSSR count). The zero-order valence-electron chi connectivity index (χ0n) is 12.5. The number of carbonyl (C=O) groups excluding carboxylic acids is 1. The molecule has 0 fully saturated rings. The number of anilines is 1. The van der Waals surface area contributed by atoms with Crippen LogP contribution in [0.15, 0.2) is 24.3 Å². The molecule has 0 radical (unpaired) electrons. The van der Waals surface area contributed by atoms with Gasteiger partial charge in [0.25, 0.3) is 0 Å². The Labute approximate surface area is 124 Å². The first kappa shape index (κ1) is 17.2. The van der Waals surface area contributed by atoms with Crippen molar-refractivity contribution in [3.63, 3.8) is 0 Å². The van der Waals surface area contributed by atoms with Crippen LogP contribution in [0.5, 0.6) is 5.75 Å². The van der Waals surface area contributed by atoms with Gasteiger partial charge in [-0.15, -0.1) is 0 Å². The molecule has 118 valence electrons. The summed E-state index contributed by atoms with van der Waals surface area (Å²) in [7, 11) is 0. The van der Waals surface area contributed by atoms with Crippen molar-refractivity contribution in [1.82, 2.24) is 5.32 Å². The van der Waals surface area contributed by atoms with Crippen LogP contribution in [0.1, 0.15) is 20.3 Å². The third-order valence-electron chi connectivity index (χ3n) is 2.95. The summed E-state index contributed by atoms with van der Waals surface area (Å²) < 4.78 is 17.2. The molecule has 0 spiro atoms. The van der Waals surface area contributed by atoms with Crippen LogP contribution in [0.25, 0.3) is 0 Å². The Morgan fingerprint density at radius 2 is 2.19 bits per heavy atom. The van der Waals surface area contributed by atoms with E-state index in [1.807, 2.05) is 13.8 Å². The van der Waals surface area contributed by atoms with Gasteiger partial charge >= 0.3 is 6.03 Å². The van der Waals surface area contributed by atoms with E-state index in [4.69, 9.17) is 9.84 Å². The van der Waals surface area contributed by atoms with E-state index in [9.17, 15) is 9.18 Å². The molecule has 0 saturated carbocycles. The Kier molecular flexibility index (Phi) is 6.94. The number of halogens is 1. The molecule has 0 atom stereocenters. The van der Waals surface area contributed by atoms with Gasteiger partial charge in [0, 0.05) is 24.9 Å². The van der Waals surface area contributed by atoms with Crippen molar-refractivity contribution in [2.75, 3.05) is 31.7 Å². The number of aliphatic hydroxyl groups is 1. The number of nitrogens with one attached hydrogen (secondary N) is 2. The number of hydrogen-bond acceptors (Lipinski definition) is 3. The average molecular weight is 298 g/mol. The molecule has 1 aromatic rings. The number of rotatable bonds is 8. The standard InChI is InChI=1S/C15H23FN2O3/c1-15(2,6-8-19)11-17-14(20)18-12-4-3-5-13(10-12)21-9-7-16/h3-5,10,19H,6-9,11H2,1-2H3,(H2,17,18,20). The fourth-order valence-electron chi connectivity index (χ4n) is 1.71. The minimum absolute atomic E-state index is 0.00893. The van der Waals surface area contributed by atoms with Crippen LogP contribution in [0, 0.1) is 5.41 Å². The Morgan fingerprint density at radius 1 is 1.43 bits per heavy atom. The quantitative estimate of drug-likeness (QED) is 0.691. The lowest BCUT2D eigenvalue weighted by Gasteiger charge is -2.23. The molecular weight excluding hydrogens is 275 g/mol. The Balaban J connectivity index is 2.47.